The lowest BCUT2D eigenvalue weighted by Gasteiger charge is -2.31. The molecule has 1 aliphatic heterocycles. The van der Waals surface area contributed by atoms with E-state index in [1.165, 1.54) is 12.0 Å². The van der Waals surface area contributed by atoms with E-state index in [4.69, 9.17) is 14.2 Å². The summed E-state index contributed by atoms with van der Waals surface area (Å²) >= 11 is 0. The number of hydrogen-bond donors (Lipinski definition) is 1. The van der Waals surface area contributed by atoms with Gasteiger partial charge in [-0.25, -0.2) is 0 Å². The van der Waals surface area contributed by atoms with Gasteiger partial charge in [0.2, 0.25) is 0 Å². The number of hydrogen-bond acceptors (Lipinski definition) is 4. The zero-order valence-electron chi connectivity index (χ0n) is 12.6. The summed E-state index contributed by atoms with van der Waals surface area (Å²) in [7, 11) is 3.34. The summed E-state index contributed by atoms with van der Waals surface area (Å²) in [6, 6.07) is 6.46. The highest BCUT2D eigenvalue weighted by molar-refractivity contribution is 5.44. The zero-order valence-corrected chi connectivity index (χ0v) is 12.6. The third-order valence-electron chi connectivity index (χ3n) is 3.86. The Labute approximate surface area is 121 Å². The van der Waals surface area contributed by atoms with Crippen LogP contribution in [0.15, 0.2) is 18.2 Å². The van der Waals surface area contributed by atoms with Gasteiger partial charge in [-0.05, 0) is 37.1 Å². The van der Waals surface area contributed by atoms with Crippen molar-refractivity contribution in [1.82, 2.24) is 5.32 Å². The molecule has 20 heavy (non-hydrogen) atoms. The molecule has 2 atom stereocenters. The van der Waals surface area contributed by atoms with Crippen LogP contribution in [-0.4, -0.2) is 34.0 Å². The summed E-state index contributed by atoms with van der Waals surface area (Å²) in [5.74, 6) is 2.07. The highest BCUT2D eigenvalue weighted by atomic mass is 16.5. The van der Waals surface area contributed by atoms with E-state index < -0.39 is 0 Å². The van der Waals surface area contributed by atoms with E-state index in [0.717, 1.165) is 37.7 Å². The maximum atomic E-state index is 5.64. The van der Waals surface area contributed by atoms with Gasteiger partial charge < -0.3 is 19.5 Å². The van der Waals surface area contributed by atoms with Crippen LogP contribution < -0.4 is 14.8 Å². The molecule has 1 aromatic carbocycles. The van der Waals surface area contributed by atoms with Gasteiger partial charge in [0.25, 0.3) is 0 Å². The van der Waals surface area contributed by atoms with Crippen molar-refractivity contribution in [3.63, 3.8) is 0 Å². The number of rotatable bonds is 6. The van der Waals surface area contributed by atoms with E-state index in [9.17, 15) is 0 Å². The van der Waals surface area contributed by atoms with Crippen LogP contribution in [0.4, 0.5) is 0 Å². The van der Waals surface area contributed by atoms with Gasteiger partial charge in [0.15, 0.2) is 11.5 Å². The van der Waals surface area contributed by atoms with E-state index in [0.29, 0.717) is 12.0 Å². The van der Waals surface area contributed by atoms with Crippen molar-refractivity contribution in [3.05, 3.63) is 23.8 Å². The Hall–Kier alpha value is -1.26. The van der Waals surface area contributed by atoms with Gasteiger partial charge in [-0.3, -0.25) is 0 Å². The van der Waals surface area contributed by atoms with E-state index in [1.807, 2.05) is 6.07 Å². The lowest BCUT2D eigenvalue weighted by atomic mass is 9.88. The minimum Gasteiger partial charge on any atom is -0.493 e. The van der Waals surface area contributed by atoms with Crippen LogP contribution >= 0.6 is 0 Å². The van der Waals surface area contributed by atoms with Gasteiger partial charge in [-0.15, -0.1) is 0 Å². The van der Waals surface area contributed by atoms with Crippen LogP contribution in [-0.2, 0) is 4.74 Å². The largest absolute Gasteiger partial charge is 0.493 e. The Morgan fingerprint density at radius 1 is 1.30 bits per heavy atom. The fourth-order valence-corrected chi connectivity index (χ4v) is 2.85. The molecular weight excluding hydrogens is 254 g/mol. The second-order valence-corrected chi connectivity index (χ2v) is 5.13. The molecule has 1 aliphatic rings. The van der Waals surface area contributed by atoms with Gasteiger partial charge in [0, 0.05) is 18.6 Å². The summed E-state index contributed by atoms with van der Waals surface area (Å²) in [5.41, 5.74) is 1.24. The first-order valence-electron chi connectivity index (χ1n) is 7.33. The maximum Gasteiger partial charge on any atom is 0.161 e. The molecule has 0 amide bonds. The molecule has 112 valence electrons. The standard InChI is InChI=1S/C16H25NO3/c1-4-17-16(13-6-5-9-20-11-13)12-7-8-14(18-2)15(10-12)19-3/h7-8,10,13,16-17H,4-6,9,11H2,1-3H3. The molecule has 0 aliphatic carbocycles. The number of benzene rings is 1. The molecule has 2 unspecified atom stereocenters. The van der Waals surface area contributed by atoms with Crippen molar-refractivity contribution in [2.24, 2.45) is 5.92 Å². The third-order valence-corrected chi connectivity index (χ3v) is 3.86. The van der Waals surface area contributed by atoms with Crippen LogP contribution in [0.25, 0.3) is 0 Å². The zero-order chi connectivity index (χ0) is 14.4. The predicted octanol–water partition coefficient (Wildman–Crippen LogP) is 2.78. The van der Waals surface area contributed by atoms with Gasteiger partial charge in [0.1, 0.15) is 0 Å². The number of methoxy groups -OCH3 is 2. The van der Waals surface area contributed by atoms with E-state index in [1.54, 1.807) is 14.2 Å². The Morgan fingerprint density at radius 3 is 2.70 bits per heavy atom. The SMILES string of the molecule is CCNC(c1ccc(OC)c(OC)c1)C1CCCOC1. The molecule has 1 fully saturated rings. The molecule has 0 bridgehead atoms. The molecule has 2 rings (SSSR count). The number of ether oxygens (including phenoxy) is 3. The number of nitrogens with one attached hydrogen (secondary N) is 1. The molecule has 1 N–H and O–H groups in total. The first-order chi connectivity index (χ1) is 9.80. The topological polar surface area (TPSA) is 39.7 Å². The van der Waals surface area contributed by atoms with Crippen LogP contribution in [0.3, 0.4) is 0 Å². The molecule has 1 saturated heterocycles. The summed E-state index contributed by atoms with van der Waals surface area (Å²) in [4.78, 5) is 0. The van der Waals surface area contributed by atoms with Crippen LogP contribution in [0.5, 0.6) is 11.5 Å². The smallest absolute Gasteiger partial charge is 0.161 e. The summed E-state index contributed by atoms with van der Waals surface area (Å²) < 4.78 is 16.4. The Bertz CT molecular complexity index is 416. The molecule has 1 aromatic rings. The lowest BCUT2D eigenvalue weighted by molar-refractivity contribution is 0.0392. The van der Waals surface area contributed by atoms with Crippen LogP contribution in [0.1, 0.15) is 31.4 Å². The van der Waals surface area contributed by atoms with Crippen molar-refractivity contribution >= 4 is 0 Å². The van der Waals surface area contributed by atoms with E-state index in [2.05, 4.69) is 24.4 Å². The van der Waals surface area contributed by atoms with Crippen molar-refractivity contribution in [2.45, 2.75) is 25.8 Å². The Kier molecular flexibility index (Phi) is 5.68. The Balaban J connectivity index is 2.23. The second-order valence-electron chi connectivity index (χ2n) is 5.13. The molecule has 4 heteroatoms. The first kappa shape index (κ1) is 15.1. The average Bonchev–Trinajstić information content (AvgIpc) is 2.52. The minimum atomic E-state index is 0.306. The predicted molar refractivity (Wildman–Crippen MR) is 79.5 cm³/mol. The van der Waals surface area contributed by atoms with Gasteiger partial charge in [-0.1, -0.05) is 13.0 Å². The molecule has 0 spiro atoms. The van der Waals surface area contributed by atoms with Gasteiger partial charge >= 0.3 is 0 Å². The molecule has 1 heterocycles. The third kappa shape index (κ3) is 3.44. The molecule has 0 saturated carbocycles. The molecular formula is C16H25NO3. The van der Waals surface area contributed by atoms with Crippen LogP contribution in [0.2, 0.25) is 0 Å². The lowest BCUT2D eigenvalue weighted by Crippen LogP contribution is -2.33. The highest BCUT2D eigenvalue weighted by Gasteiger charge is 2.25. The summed E-state index contributed by atoms with van der Waals surface area (Å²) in [6.07, 6.45) is 2.34. The molecule has 0 aromatic heterocycles. The Morgan fingerprint density at radius 2 is 2.10 bits per heavy atom. The maximum absolute atomic E-state index is 5.64. The van der Waals surface area contributed by atoms with E-state index >= 15 is 0 Å². The van der Waals surface area contributed by atoms with Crippen molar-refractivity contribution in [3.8, 4) is 11.5 Å². The first-order valence-corrected chi connectivity index (χ1v) is 7.33. The van der Waals surface area contributed by atoms with Crippen LogP contribution in [0, 0.1) is 5.92 Å². The van der Waals surface area contributed by atoms with Gasteiger partial charge in [0.05, 0.1) is 20.8 Å². The molecule has 0 radical (unpaired) electrons. The molecule has 4 nitrogen and oxygen atoms in total. The summed E-state index contributed by atoms with van der Waals surface area (Å²) in [6.45, 7) is 4.79. The van der Waals surface area contributed by atoms with Crippen molar-refractivity contribution in [2.75, 3.05) is 34.0 Å². The fraction of sp³-hybridized carbons (Fsp3) is 0.625. The second kappa shape index (κ2) is 7.50. The van der Waals surface area contributed by atoms with Crippen molar-refractivity contribution in [1.29, 1.82) is 0 Å². The average molecular weight is 279 g/mol. The quantitative estimate of drug-likeness (QED) is 0.869. The highest BCUT2D eigenvalue weighted by Crippen LogP contribution is 2.34. The van der Waals surface area contributed by atoms with E-state index in [-0.39, 0.29) is 0 Å². The fourth-order valence-electron chi connectivity index (χ4n) is 2.85. The monoisotopic (exact) mass is 279 g/mol. The summed E-state index contributed by atoms with van der Waals surface area (Å²) in [5, 5.41) is 3.58. The van der Waals surface area contributed by atoms with Crippen molar-refractivity contribution < 1.29 is 14.2 Å². The normalized spacial score (nSPS) is 20.4. The van der Waals surface area contributed by atoms with Gasteiger partial charge in [-0.2, -0.15) is 0 Å². The minimum absolute atomic E-state index is 0.306.